The zero-order valence-electron chi connectivity index (χ0n) is 7.74. The van der Waals surface area contributed by atoms with E-state index in [4.69, 9.17) is 23.2 Å². The molecule has 0 amide bonds. The van der Waals surface area contributed by atoms with Gasteiger partial charge in [-0.2, -0.15) is 4.98 Å². The molecular weight excluding hydrogens is 223 g/mol. The third-order valence-electron chi connectivity index (χ3n) is 2.43. The highest BCUT2D eigenvalue weighted by atomic mass is 35.5. The number of hydrogen-bond donors (Lipinski definition) is 0. The van der Waals surface area contributed by atoms with Crippen LogP contribution < -0.4 is 4.90 Å². The zero-order valence-corrected chi connectivity index (χ0v) is 9.26. The molecule has 1 aromatic heterocycles. The predicted molar refractivity (Wildman–Crippen MR) is 55.9 cm³/mol. The summed E-state index contributed by atoms with van der Waals surface area (Å²) < 4.78 is 0. The Kier molecular flexibility index (Phi) is 2.74. The lowest BCUT2D eigenvalue weighted by Crippen LogP contribution is -2.27. The summed E-state index contributed by atoms with van der Waals surface area (Å²) in [6.45, 7) is 3.09. The van der Waals surface area contributed by atoms with E-state index < -0.39 is 0 Å². The van der Waals surface area contributed by atoms with Gasteiger partial charge in [-0.25, -0.2) is 0 Å². The minimum atomic E-state index is 0.142. The van der Waals surface area contributed by atoms with E-state index in [1.54, 1.807) is 0 Å². The van der Waals surface area contributed by atoms with Gasteiger partial charge >= 0.3 is 0 Å². The number of hydrogen-bond acceptors (Lipinski definition) is 4. The van der Waals surface area contributed by atoms with Crippen LogP contribution in [-0.4, -0.2) is 27.8 Å². The summed E-state index contributed by atoms with van der Waals surface area (Å²) in [6, 6.07) is 0.445. The molecule has 0 spiro atoms. The van der Waals surface area contributed by atoms with Crippen molar-refractivity contribution in [1.82, 2.24) is 15.2 Å². The van der Waals surface area contributed by atoms with Crippen molar-refractivity contribution in [3.05, 3.63) is 10.4 Å². The minimum absolute atomic E-state index is 0.142. The second-order valence-corrected chi connectivity index (χ2v) is 4.08. The van der Waals surface area contributed by atoms with E-state index in [0.29, 0.717) is 17.0 Å². The Hall–Kier alpha value is -0.610. The number of halogens is 2. The lowest BCUT2D eigenvalue weighted by molar-refractivity contribution is 0.721. The topological polar surface area (TPSA) is 41.9 Å². The molecule has 1 aromatic rings. The molecular formula is C8H10Cl2N4. The van der Waals surface area contributed by atoms with Crippen molar-refractivity contribution < 1.29 is 0 Å². The van der Waals surface area contributed by atoms with E-state index in [9.17, 15) is 0 Å². The number of rotatable bonds is 1. The maximum atomic E-state index is 5.91. The van der Waals surface area contributed by atoms with Crippen molar-refractivity contribution in [1.29, 1.82) is 0 Å². The molecule has 1 aliphatic rings. The van der Waals surface area contributed by atoms with Gasteiger partial charge in [0.25, 0.3) is 0 Å². The SMILES string of the molecule is CC1CCCN1c1nc(Cl)nnc1Cl. The Morgan fingerprint density at radius 1 is 1.36 bits per heavy atom. The van der Waals surface area contributed by atoms with Gasteiger partial charge in [0.2, 0.25) is 5.28 Å². The van der Waals surface area contributed by atoms with E-state index in [1.165, 1.54) is 0 Å². The average molecular weight is 233 g/mol. The van der Waals surface area contributed by atoms with Crippen LogP contribution in [0.15, 0.2) is 0 Å². The van der Waals surface area contributed by atoms with Gasteiger partial charge in [-0.1, -0.05) is 11.6 Å². The molecule has 2 heterocycles. The highest BCUT2D eigenvalue weighted by Crippen LogP contribution is 2.28. The molecule has 1 fully saturated rings. The molecule has 6 heteroatoms. The van der Waals surface area contributed by atoms with Crippen molar-refractivity contribution >= 4 is 29.0 Å². The van der Waals surface area contributed by atoms with E-state index >= 15 is 0 Å². The molecule has 1 aliphatic heterocycles. The van der Waals surface area contributed by atoms with Crippen LogP contribution >= 0.6 is 23.2 Å². The van der Waals surface area contributed by atoms with Crippen LogP contribution in [-0.2, 0) is 0 Å². The largest absolute Gasteiger partial charge is 0.351 e. The van der Waals surface area contributed by atoms with Crippen LogP contribution in [0.1, 0.15) is 19.8 Å². The molecule has 4 nitrogen and oxygen atoms in total. The fourth-order valence-corrected chi connectivity index (χ4v) is 2.02. The molecule has 2 rings (SSSR count). The van der Waals surface area contributed by atoms with Crippen LogP contribution in [0.4, 0.5) is 5.82 Å². The summed E-state index contributed by atoms with van der Waals surface area (Å²) in [5.74, 6) is 0.650. The van der Waals surface area contributed by atoms with E-state index in [2.05, 4.69) is 27.0 Å². The van der Waals surface area contributed by atoms with Gasteiger partial charge in [0.05, 0.1) is 0 Å². The standard InChI is InChI=1S/C8H10Cl2N4/c1-5-3-2-4-14(5)7-6(9)12-13-8(10)11-7/h5H,2-4H2,1H3. The summed E-state index contributed by atoms with van der Waals surface area (Å²) in [6.07, 6.45) is 2.30. The van der Waals surface area contributed by atoms with Crippen molar-refractivity contribution in [3.63, 3.8) is 0 Å². The summed E-state index contributed by atoms with van der Waals surface area (Å²) in [4.78, 5) is 6.20. The van der Waals surface area contributed by atoms with Crippen LogP contribution in [0.2, 0.25) is 10.4 Å². The van der Waals surface area contributed by atoms with Crippen LogP contribution in [0.5, 0.6) is 0 Å². The van der Waals surface area contributed by atoms with Crippen molar-refractivity contribution in [2.24, 2.45) is 0 Å². The molecule has 0 saturated carbocycles. The maximum absolute atomic E-state index is 5.91. The first-order valence-electron chi connectivity index (χ1n) is 4.51. The van der Waals surface area contributed by atoms with E-state index in [0.717, 1.165) is 19.4 Å². The van der Waals surface area contributed by atoms with Crippen molar-refractivity contribution in [2.75, 3.05) is 11.4 Å². The Bertz CT molecular complexity index is 344. The first-order valence-corrected chi connectivity index (χ1v) is 5.26. The number of nitrogens with zero attached hydrogens (tertiary/aromatic N) is 4. The molecule has 14 heavy (non-hydrogen) atoms. The van der Waals surface area contributed by atoms with Crippen LogP contribution in [0.3, 0.4) is 0 Å². The molecule has 76 valence electrons. The van der Waals surface area contributed by atoms with Gasteiger partial charge in [-0.3, -0.25) is 0 Å². The normalized spacial score (nSPS) is 21.6. The lowest BCUT2D eigenvalue weighted by Gasteiger charge is -2.22. The predicted octanol–water partition coefficient (Wildman–Crippen LogP) is 2.17. The molecule has 0 aliphatic carbocycles. The second-order valence-electron chi connectivity index (χ2n) is 3.38. The van der Waals surface area contributed by atoms with Gasteiger partial charge < -0.3 is 4.90 Å². The second kappa shape index (κ2) is 3.87. The number of aromatic nitrogens is 3. The smallest absolute Gasteiger partial charge is 0.245 e. The third kappa shape index (κ3) is 1.77. The Labute approximate surface area is 92.2 Å². The van der Waals surface area contributed by atoms with E-state index in [1.807, 2.05) is 0 Å². The molecule has 1 saturated heterocycles. The summed E-state index contributed by atoms with van der Waals surface area (Å²) >= 11 is 11.6. The van der Waals surface area contributed by atoms with Gasteiger partial charge in [0.1, 0.15) is 0 Å². The van der Waals surface area contributed by atoms with Crippen molar-refractivity contribution in [2.45, 2.75) is 25.8 Å². The Morgan fingerprint density at radius 2 is 2.14 bits per heavy atom. The summed E-state index contributed by atoms with van der Waals surface area (Å²) in [7, 11) is 0. The maximum Gasteiger partial charge on any atom is 0.245 e. The van der Waals surface area contributed by atoms with Crippen molar-refractivity contribution in [3.8, 4) is 0 Å². The monoisotopic (exact) mass is 232 g/mol. The molecule has 0 bridgehead atoms. The molecule has 0 radical (unpaired) electrons. The van der Waals surface area contributed by atoms with Crippen LogP contribution in [0.25, 0.3) is 0 Å². The highest BCUT2D eigenvalue weighted by Gasteiger charge is 2.24. The van der Waals surface area contributed by atoms with Gasteiger partial charge in [-0.05, 0) is 31.4 Å². The fourth-order valence-electron chi connectivity index (χ4n) is 1.72. The Morgan fingerprint density at radius 3 is 2.79 bits per heavy atom. The first-order chi connectivity index (χ1) is 6.68. The number of anilines is 1. The fraction of sp³-hybridized carbons (Fsp3) is 0.625. The average Bonchev–Trinajstić information content (AvgIpc) is 2.56. The summed E-state index contributed by atoms with van der Waals surface area (Å²) in [5.41, 5.74) is 0. The Balaban J connectivity index is 2.34. The third-order valence-corrected chi connectivity index (χ3v) is 2.83. The summed E-state index contributed by atoms with van der Waals surface area (Å²) in [5, 5.41) is 7.78. The van der Waals surface area contributed by atoms with Gasteiger partial charge in [-0.15, -0.1) is 10.2 Å². The lowest BCUT2D eigenvalue weighted by atomic mass is 10.2. The van der Waals surface area contributed by atoms with Crippen LogP contribution in [0, 0.1) is 0 Å². The van der Waals surface area contributed by atoms with E-state index in [-0.39, 0.29) is 5.28 Å². The van der Waals surface area contributed by atoms with Gasteiger partial charge in [0, 0.05) is 12.6 Å². The first kappa shape index (κ1) is 9.93. The highest BCUT2D eigenvalue weighted by molar-refractivity contribution is 6.32. The zero-order chi connectivity index (χ0) is 10.1. The molecule has 1 atom stereocenters. The van der Waals surface area contributed by atoms with Gasteiger partial charge in [0.15, 0.2) is 11.0 Å². The molecule has 0 N–H and O–H groups in total. The minimum Gasteiger partial charge on any atom is -0.351 e. The molecule has 1 unspecified atom stereocenters. The molecule has 0 aromatic carbocycles. The quantitative estimate of drug-likeness (QED) is 0.745.